The van der Waals surface area contributed by atoms with Crippen LogP contribution in [-0.2, 0) is 24.0 Å². The van der Waals surface area contributed by atoms with E-state index in [1.807, 2.05) is 20.8 Å². The summed E-state index contributed by atoms with van der Waals surface area (Å²) in [6, 6.07) is -3.51. The van der Waals surface area contributed by atoms with Gasteiger partial charge in [0.25, 0.3) is 5.91 Å². The largest absolute Gasteiger partial charge is 0.346 e. The van der Waals surface area contributed by atoms with Gasteiger partial charge < -0.3 is 31.1 Å². The van der Waals surface area contributed by atoms with E-state index in [9.17, 15) is 28.8 Å². The SMILES string of the molecule is C=CCNC(=O)C(=O)C(CCC)NC(=O)C1CCCN1C(=O)[C@@H](NC(=O)NCC(=O)N(CC)CC)C(C)(C)C. The molecule has 12 heteroatoms. The van der Waals surface area contributed by atoms with Gasteiger partial charge in [0.2, 0.25) is 23.5 Å². The summed E-state index contributed by atoms with van der Waals surface area (Å²) in [5.74, 6) is -2.76. The molecule has 1 aliphatic heterocycles. The van der Waals surface area contributed by atoms with Gasteiger partial charge in [0, 0.05) is 26.2 Å². The number of carbonyl (C=O) groups is 6. The number of nitrogens with one attached hydrogen (secondary N) is 4. The molecule has 1 fully saturated rings. The van der Waals surface area contributed by atoms with Crippen molar-refractivity contribution in [1.29, 1.82) is 0 Å². The number of rotatable bonds is 14. The number of urea groups is 1. The Bertz CT molecular complexity index is 911. The maximum Gasteiger partial charge on any atom is 0.315 e. The molecule has 0 spiro atoms. The number of hydrogen-bond acceptors (Lipinski definition) is 6. The van der Waals surface area contributed by atoms with Crippen molar-refractivity contribution in [3.63, 3.8) is 0 Å². The van der Waals surface area contributed by atoms with Crippen molar-refractivity contribution < 1.29 is 28.8 Å². The van der Waals surface area contributed by atoms with Crippen molar-refractivity contribution in [1.82, 2.24) is 31.1 Å². The fourth-order valence-corrected chi connectivity index (χ4v) is 4.38. The third-order valence-electron chi connectivity index (χ3n) is 6.58. The van der Waals surface area contributed by atoms with Crippen molar-refractivity contribution in [2.45, 2.75) is 85.4 Å². The molecular formula is C27H46N6O6. The van der Waals surface area contributed by atoms with Crippen LogP contribution in [0.4, 0.5) is 4.79 Å². The molecule has 2 unspecified atom stereocenters. The predicted octanol–water partition coefficient (Wildman–Crippen LogP) is 0.716. The molecule has 0 aromatic rings. The topological polar surface area (TPSA) is 157 Å². The van der Waals surface area contributed by atoms with E-state index in [1.54, 1.807) is 25.7 Å². The third kappa shape index (κ3) is 9.99. The molecule has 0 saturated carbocycles. The van der Waals surface area contributed by atoms with Crippen LogP contribution in [0.25, 0.3) is 0 Å². The van der Waals surface area contributed by atoms with Crippen LogP contribution in [0.3, 0.4) is 0 Å². The van der Waals surface area contributed by atoms with E-state index in [0.717, 1.165) is 0 Å². The van der Waals surface area contributed by atoms with E-state index in [4.69, 9.17) is 0 Å². The zero-order valence-electron chi connectivity index (χ0n) is 24.2. The zero-order valence-corrected chi connectivity index (χ0v) is 24.2. The van der Waals surface area contributed by atoms with Gasteiger partial charge in [-0.2, -0.15) is 0 Å². The first kappa shape index (κ1) is 33.6. The Balaban J connectivity index is 2.97. The highest BCUT2D eigenvalue weighted by Crippen LogP contribution is 2.26. The Labute approximate surface area is 231 Å². The van der Waals surface area contributed by atoms with E-state index in [0.29, 0.717) is 38.9 Å². The monoisotopic (exact) mass is 550 g/mol. The number of hydrogen-bond donors (Lipinski definition) is 4. The van der Waals surface area contributed by atoms with Gasteiger partial charge in [-0.05, 0) is 38.5 Å². The molecule has 12 nitrogen and oxygen atoms in total. The highest BCUT2D eigenvalue weighted by molar-refractivity contribution is 6.38. The summed E-state index contributed by atoms with van der Waals surface area (Å²) in [6.07, 6.45) is 3.22. The van der Waals surface area contributed by atoms with Gasteiger partial charge in [0.15, 0.2) is 0 Å². The molecule has 1 aliphatic rings. The van der Waals surface area contributed by atoms with Gasteiger partial charge in [0.1, 0.15) is 12.1 Å². The second-order valence-corrected chi connectivity index (χ2v) is 10.6. The van der Waals surface area contributed by atoms with Crippen molar-refractivity contribution >= 4 is 35.4 Å². The average Bonchev–Trinajstić information content (AvgIpc) is 3.38. The van der Waals surface area contributed by atoms with Crippen LogP contribution < -0.4 is 21.3 Å². The molecule has 0 aliphatic carbocycles. The number of ketones is 1. The smallest absolute Gasteiger partial charge is 0.315 e. The van der Waals surface area contributed by atoms with Gasteiger partial charge in [-0.3, -0.25) is 24.0 Å². The third-order valence-corrected chi connectivity index (χ3v) is 6.58. The number of likely N-dealkylation sites (tertiary alicyclic amines) is 1. The lowest BCUT2D eigenvalue weighted by Gasteiger charge is -2.35. The maximum atomic E-state index is 13.6. The molecule has 3 atom stereocenters. The summed E-state index contributed by atoms with van der Waals surface area (Å²) in [7, 11) is 0. The average molecular weight is 551 g/mol. The number of nitrogens with zero attached hydrogens (tertiary/aromatic N) is 2. The Morgan fingerprint density at radius 3 is 2.21 bits per heavy atom. The lowest BCUT2D eigenvalue weighted by molar-refractivity contribution is -0.143. The molecule has 220 valence electrons. The standard InChI is InChI=1S/C27H46N6O6/c1-8-13-18(21(35)24(37)28-15-9-2)30-23(36)19-14-12-16-33(19)25(38)22(27(5,6)7)31-26(39)29-17-20(34)32(10-3)11-4/h9,18-19,22H,2,8,10-17H2,1,3-7H3,(H,28,37)(H,30,36)(H2,29,31,39)/t18?,19?,22-/m1/s1. The molecule has 1 rings (SSSR count). The van der Waals surface area contributed by atoms with Gasteiger partial charge in [-0.25, -0.2) is 4.79 Å². The van der Waals surface area contributed by atoms with Gasteiger partial charge >= 0.3 is 6.03 Å². The lowest BCUT2D eigenvalue weighted by Crippen LogP contribution is -2.60. The fraction of sp³-hybridized carbons (Fsp3) is 0.704. The molecular weight excluding hydrogens is 504 g/mol. The molecule has 1 heterocycles. The van der Waals surface area contributed by atoms with Gasteiger partial charge in [0.05, 0.1) is 12.6 Å². The molecule has 4 N–H and O–H groups in total. The summed E-state index contributed by atoms with van der Waals surface area (Å²) in [5.41, 5.74) is -0.703. The predicted molar refractivity (Wildman–Crippen MR) is 147 cm³/mol. The Morgan fingerprint density at radius 1 is 1.03 bits per heavy atom. The Kier molecular flexibility index (Phi) is 13.6. The van der Waals surface area contributed by atoms with Gasteiger partial charge in [-0.1, -0.05) is 40.2 Å². The fourth-order valence-electron chi connectivity index (χ4n) is 4.38. The highest BCUT2D eigenvalue weighted by atomic mass is 16.2. The van der Waals surface area contributed by atoms with Crippen molar-refractivity contribution in [3.05, 3.63) is 12.7 Å². The molecule has 0 radical (unpaired) electrons. The first-order chi connectivity index (χ1) is 18.3. The highest BCUT2D eigenvalue weighted by Gasteiger charge is 2.42. The molecule has 6 amide bonds. The summed E-state index contributed by atoms with van der Waals surface area (Å²) in [6.45, 7) is 15.7. The van der Waals surface area contributed by atoms with Crippen molar-refractivity contribution in [2.75, 3.05) is 32.7 Å². The number of amides is 6. The summed E-state index contributed by atoms with van der Waals surface area (Å²) in [4.78, 5) is 79.6. The normalized spacial score (nSPS) is 16.5. The Morgan fingerprint density at radius 2 is 1.67 bits per heavy atom. The first-order valence-corrected chi connectivity index (χ1v) is 13.7. The van der Waals surface area contributed by atoms with Crippen LogP contribution in [0, 0.1) is 5.41 Å². The van der Waals surface area contributed by atoms with Gasteiger partial charge in [-0.15, -0.1) is 6.58 Å². The van der Waals surface area contributed by atoms with Crippen LogP contribution in [-0.4, -0.2) is 96.1 Å². The minimum atomic E-state index is -1.02. The molecule has 0 aromatic carbocycles. The molecule has 0 aromatic heterocycles. The molecule has 0 bridgehead atoms. The van der Waals surface area contributed by atoms with Crippen LogP contribution in [0.1, 0.15) is 67.2 Å². The van der Waals surface area contributed by atoms with E-state index in [-0.39, 0.29) is 25.4 Å². The Hall–Kier alpha value is -3.44. The number of likely N-dealkylation sites (N-methyl/N-ethyl adjacent to an activating group) is 1. The van der Waals surface area contributed by atoms with Crippen LogP contribution in [0.5, 0.6) is 0 Å². The molecule has 1 saturated heterocycles. The van der Waals surface area contributed by atoms with E-state index < -0.39 is 53.1 Å². The summed E-state index contributed by atoms with van der Waals surface area (Å²) in [5, 5.41) is 10.3. The van der Waals surface area contributed by atoms with Crippen LogP contribution >= 0.6 is 0 Å². The van der Waals surface area contributed by atoms with E-state index in [1.165, 1.54) is 11.0 Å². The summed E-state index contributed by atoms with van der Waals surface area (Å²) >= 11 is 0. The first-order valence-electron chi connectivity index (χ1n) is 13.7. The summed E-state index contributed by atoms with van der Waals surface area (Å²) < 4.78 is 0. The van der Waals surface area contributed by atoms with Crippen molar-refractivity contribution in [2.24, 2.45) is 5.41 Å². The van der Waals surface area contributed by atoms with E-state index in [2.05, 4.69) is 27.8 Å². The minimum absolute atomic E-state index is 0.126. The second kappa shape index (κ2) is 15.8. The number of carbonyl (C=O) groups excluding carboxylic acids is 6. The van der Waals surface area contributed by atoms with Crippen molar-refractivity contribution in [3.8, 4) is 0 Å². The van der Waals surface area contributed by atoms with Crippen LogP contribution in [0.2, 0.25) is 0 Å². The molecule has 39 heavy (non-hydrogen) atoms. The second-order valence-electron chi connectivity index (χ2n) is 10.6. The lowest BCUT2D eigenvalue weighted by atomic mass is 9.85. The minimum Gasteiger partial charge on any atom is -0.346 e. The van der Waals surface area contributed by atoms with E-state index >= 15 is 0 Å². The quantitative estimate of drug-likeness (QED) is 0.184. The zero-order chi connectivity index (χ0) is 29.8. The van der Waals surface area contributed by atoms with Crippen LogP contribution in [0.15, 0.2) is 12.7 Å². The maximum absolute atomic E-state index is 13.6. The number of Topliss-reactive ketones (excluding diaryl/α,β-unsaturated/α-hetero) is 1.